The fourth-order valence-electron chi connectivity index (χ4n) is 2.53. The van der Waals surface area contributed by atoms with Gasteiger partial charge in [0.1, 0.15) is 5.75 Å². The molecule has 8 heteroatoms. The Morgan fingerprint density at radius 1 is 1.00 bits per heavy atom. The first kappa shape index (κ1) is 17.8. The summed E-state index contributed by atoms with van der Waals surface area (Å²) in [6.07, 6.45) is 0. The number of hydrogen-bond donors (Lipinski definition) is 2. The van der Waals surface area contributed by atoms with Crippen LogP contribution in [-0.4, -0.2) is 20.1 Å². The molecule has 0 spiro atoms. The molecule has 0 heterocycles. The van der Waals surface area contributed by atoms with Gasteiger partial charge < -0.3 is 10.5 Å². The minimum absolute atomic E-state index is 0.149. The van der Waals surface area contributed by atoms with Crippen molar-refractivity contribution in [2.75, 3.05) is 12.8 Å². The number of fused-ring (bicyclic) bond motifs is 1. The number of azo groups is 1. The van der Waals surface area contributed by atoms with Crippen molar-refractivity contribution in [2.24, 2.45) is 10.2 Å². The average molecular weight is 371 g/mol. The summed E-state index contributed by atoms with van der Waals surface area (Å²) in [7, 11) is -2.70. The minimum atomic E-state index is -4.23. The van der Waals surface area contributed by atoms with E-state index in [9.17, 15) is 8.42 Å². The van der Waals surface area contributed by atoms with Crippen molar-refractivity contribution in [3.05, 3.63) is 54.1 Å². The molecule has 3 aromatic rings. The molecule has 0 aliphatic heterocycles. The lowest BCUT2D eigenvalue weighted by Gasteiger charge is -2.07. The number of nitrogens with zero attached hydrogens (tertiary/aromatic N) is 2. The van der Waals surface area contributed by atoms with Crippen molar-refractivity contribution < 1.29 is 17.7 Å². The van der Waals surface area contributed by atoms with Gasteiger partial charge in [-0.15, -0.1) is 0 Å². The quantitative estimate of drug-likeness (QED) is 0.401. The summed E-state index contributed by atoms with van der Waals surface area (Å²) in [5.41, 5.74) is 8.49. The van der Waals surface area contributed by atoms with Gasteiger partial charge in [-0.25, -0.2) is 0 Å². The van der Waals surface area contributed by atoms with Crippen molar-refractivity contribution in [1.29, 1.82) is 0 Å². The fraction of sp³-hybridized carbons (Fsp3) is 0.111. The molecule has 3 N–H and O–H groups in total. The first-order valence-corrected chi connectivity index (χ1v) is 9.09. The Hall–Kier alpha value is -2.97. The van der Waals surface area contributed by atoms with Crippen LogP contribution in [0.3, 0.4) is 0 Å². The number of benzene rings is 3. The van der Waals surface area contributed by atoms with Crippen LogP contribution in [0.1, 0.15) is 5.56 Å². The Kier molecular flexibility index (Phi) is 4.62. The maximum atomic E-state index is 11.2. The van der Waals surface area contributed by atoms with Gasteiger partial charge in [-0.1, -0.05) is 12.1 Å². The smallest absolute Gasteiger partial charge is 0.294 e. The lowest BCUT2D eigenvalue weighted by Crippen LogP contribution is -1.97. The maximum Gasteiger partial charge on any atom is 0.294 e. The highest BCUT2D eigenvalue weighted by Crippen LogP contribution is 2.32. The second-order valence-electron chi connectivity index (χ2n) is 5.75. The Labute approximate surface area is 150 Å². The molecule has 0 fully saturated rings. The van der Waals surface area contributed by atoms with Crippen LogP contribution in [-0.2, 0) is 10.1 Å². The molecule has 0 amide bonds. The third-order valence-electron chi connectivity index (χ3n) is 3.91. The van der Waals surface area contributed by atoms with E-state index in [2.05, 4.69) is 10.2 Å². The molecule has 3 aromatic carbocycles. The number of nitrogen functional groups attached to an aromatic ring is 1. The van der Waals surface area contributed by atoms with Crippen LogP contribution in [0.25, 0.3) is 10.8 Å². The molecule has 3 rings (SSSR count). The van der Waals surface area contributed by atoms with E-state index in [-0.39, 0.29) is 4.90 Å². The summed E-state index contributed by atoms with van der Waals surface area (Å²) >= 11 is 0. The summed E-state index contributed by atoms with van der Waals surface area (Å²) in [5, 5.41) is 9.92. The molecule has 0 aromatic heterocycles. The number of methoxy groups -OCH3 is 1. The lowest BCUT2D eigenvalue weighted by molar-refractivity contribution is 0.417. The van der Waals surface area contributed by atoms with Crippen molar-refractivity contribution in [3.63, 3.8) is 0 Å². The SMILES string of the molecule is COc1cc(N=Nc2ccc3cc(S(=O)(=O)O)ccc3c2)c(C)cc1N. The predicted octanol–water partition coefficient (Wildman–Crippen LogP) is 4.40. The van der Waals surface area contributed by atoms with E-state index in [1.807, 2.05) is 6.92 Å². The number of hydrogen-bond acceptors (Lipinski definition) is 6. The highest BCUT2D eigenvalue weighted by Gasteiger charge is 2.10. The van der Waals surface area contributed by atoms with Crippen molar-refractivity contribution in [1.82, 2.24) is 0 Å². The summed E-state index contributed by atoms with van der Waals surface area (Å²) < 4.78 is 36.7. The molecule has 0 bridgehead atoms. The zero-order valence-electron chi connectivity index (χ0n) is 14.2. The van der Waals surface area contributed by atoms with Crippen LogP contribution < -0.4 is 10.5 Å². The fourth-order valence-corrected chi connectivity index (χ4v) is 3.05. The Morgan fingerprint density at radius 3 is 2.38 bits per heavy atom. The normalized spacial score (nSPS) is 12.0. The van der Waals surface area contributed by atoms with E-state index in [1.54, 1.807) is 36.4 Å². The van der Waals surface area contributed by atoms with Gasteiger partial charge in [0, 0.05) is 6.07 Å². The van der Waals surface area contributed by atoms with Gasteiger partial charge >= 0.3 is 0 Å². The van der Waals surface area contributed by atoms with Crippen LogP contribution >= 0.6 is 0 Å². The number of nitrogens with two attached hydrogens (primary N) is 1. The van der Waals surface area contributed by atoms with E-state index in [0.717, 1.165) is 10.9 Å². The average Bonchev–Trinajstić information content (AvgIpc) is 2.59. The molecule has 0 atom stereocenters. The highest BCUT2D eigenvalue weighted by atomic mass is 32.2. The molecular weight excluding hydrogens is 354 g/mol. The second-order valence-corrected chi connectivity index (χ2v) is 7.17. The molecule has 0 aliphatic rings. The Morgan fingerprint density at radius 2 is 1.69 bits per heavy atom. The first-order valence-electron chi connectivity index (χ1n) is 7.65. The van der Waals surface area contributed by atoms with Crippen LogP contribution in [0, 0.1) is 6.92 Å². The van der Waals surface area contributed by atoms with Gasteiger partial charge in [-0.3, -0.25) is 4.55 Å². The summed E-state index contributed by atoms with van der Waals surface area (Å²) in [6.45, 7) is 1.88. The summed E-state index contributed by atoms with van der Waals surface area (Å²) in [4.78, 5) is -0.149. The Bertz CT molecular complexity index is 1120. The topological polar surface area (TPSA) is 114 Å². The van der Waals surface area contributed by atoms with Gasteiger partial charge in [0.15, 0.2) is 0 Å². The second kappa shape index (κ2) is 6.74. The zero-order chi connectivity index (χ0) is 18.9. The number of ether oxygens (including phenoxy) is 1. The molecule has 0 saturated carbocycles. The molecule has 0 aliphatic carbocycles. The maximum absolute atomic E-state index is 11.2. The molecule has 26 heavy (non-hydrogen) atoms. The summed E-state index contributed by atoms with van der Waals surface area (Å²) in [6, 6.07) is 13.0. The van der Waals surface area contributed by atoms with E-state index < -0.39 is 10.1 Å². The zero-order valence-corrected chi connectivity index (χ0v) is 15.0. The van der Waals surface area contributed by atoms with Gasteiger partial charge in [0.05, 0.1) is 29.1 Å². The molecule has 0 saturated heterocycles. The molecule has 7 nitrogen and oxygen atoms in total. The van der Waals surface area contributed by atoms with E-state index in [1.165, 1.54) is 19.2 Å². The van der Waals surface area contributed by atoms with Gasteiger partial charge in [0.2, 0.25) is 0 Å². The van der Waals surface area contributed by atoms with Crippen LogP contribution in [0.5, 0.6) is 5.75 Å². The summed E-state index contributed by atoms with van der Waals surface area (Å²) in [5.74, 6) is 0.529. The first-order chi connectivity index (χ1) is 12.3. The van der Waals surface area contributed by atoms with Gasteiger partial charge in [-0.2, -0.15) is 18.6 Å². The van der Waals surface area contributed by atoms with E-state index in [4.69, 9.17) is 15.0 Å². The van der Waals surface area contributed by atoms with Crippen molar-refractivity contribution in [3.8, 4) is 5.75 Å². The minimum Gasteiger partial charge on any atom is -0.495 e. The lowest BCUT2D eigenvalue weighted by atomic mass is 10.1. The van der Waals surface area contributed by atoms with Crippen molar-refractivity contribution >= 4 is 38.0 Å². The number of rotatable bonds is 4. The van der Waals surface area contributed by atoms with Gasteiger partial charge in [0.25, 0.3) is 10.1 Å². The van der Waals surface area contributed by atoms with Crippen molar-refractivity contribution in [2.45, 2.75) is 11.8 Å². The van der Waals surface area contributed by atoms with Crippen LogP contribution in [0.4, 0.5) is 17.1 Å². The molecular formula is C18H17N3O4S. The third-order valence-corrected chi connectivity index (χ3v) is 4.76. The number of anilines is 1. The van der Waals surface area contributed by atoms with Crippen LogP contribution in [0.15, 0.2) is 63.7 Å². The third kappa shape index (κ3) is 3.66. The van der Waals surface area contributed by atoms with E-state index >= 15 is 0 Å². The molecule has 0 radical (unpaired) electrons. The molecule has 134 valence electrons. The molecule has 0 unspecified atom stereocenters. The largest absolute Gasteiger partial charge is 0.495 e. The highest BCUT2D eigenvalue weighted by molar-refractivity contribution is 7.85. The standard InChI is InChI=1S/C18H17N3O4S/c1-11-7-16(19)18(25-2)10-17(11)21-20-14-5-3-13-9-15(26(22,23)24)6-4-12(13)8-14/h3-10H,19H2,1-2H3,(H,22,23,24). The predicted molar refractivity (Wildman–Crippen MR) is 100 cm³/mol. The monoisotopic (exact) mass is 371 g/mol. The van der Waals surface area contributed by atoms with Gasteiger partial charge in [-0.05, 0) is 53.6 Å². The van der Waals surface area contributed by atoms with E-state index in [0.29, 0.717) is 28.2 Å². The Balaban J connectivity index is 1.95. The number of aryl methyl sites for hydroxylation is 1. The van der Waals surface area contributed by atoms with Crippen LogP contribution in [0.2, 0.25) is 0 Å².